The topological polar surface area (TPSA) is 128 Å². The summed E-state index contributed by atoms with van der Waals surface area (Å²) in [6.45, 7) is 0. The predicted molar refractivity (Wildman–Crippen MR) is 139 cm³/mol. The molecule has 9 nitrogen and oxygen atoms in total. The van der Waals surface area contributed by atoms with Gasteiger partial charge in [0.25, 0.3) is 5.56 Å². The van der Waals surface area contributed by atoms with Crippen LogP contribution in [0.3, 0.4) is 0 Å². The van der Waals surface area contributed by atoms with Crippen LogP contribution in [0.25, 0.3) is 33.0 Å². The smallest absolute Gasteiger partial charge is 0.312 e. The zero-order valence-corrected chi connectivity index (χ0v) is 20.4. The quantitative estimate of drug-likeness (QED) is 0.267. The van der Waals surface area contributed by atoms with E-state index in [4.69, 9.17) is 18.6 Å². The number of methoxy groups -OCH3 is 2. The van der Waals surface area contributed by atoms with Crippen molar-refractivity contribution in [2.45, 2.75) is 12.3 Å². The van der Waals surface area contributed by atoms with Gasteiger partial charge in [0.15, 0.2) is 11.5 Å². The van der Waals surface area contributed by atoms with Gasteiger partial charge in [-0.1, -0.05) is 24.3 Å². The van der Waals surface area contributed by atoms with Crippen LogP contribution in [-0.4, -0.2) is 30.3 Å². The molecule has 9 heteroatoms. The number of rotatable bonds is 4. The highest BCUT2D eigenvalue weighted by Gasteiger charge is 2.35. The number of H-pyrrole nitrogens is 1. The van der Waals surface area contributed by atoms with Crippen molar-refractivity contribution >= 4 is 27.8 Å². The highest BCUT2D eigenvalue weighted by molar-refractivity contribution is 5.94. The molecule has 5 aromatic rings. The molecule has 2 aromatic heterocycles. The van der Waals surface area contributed by atoms with Gasteiger partial charge in [0.2, 0.25) is 5.43 Å². The first-order chi connectivity index (χ1) is 18.4. The highest BCUT2D eigenvalue weighted by atomic mass is 16.5. The molecule has 3 heterocycles. The monoisotopic (exact) mass is 511 g/mol. The number of hydrogen-bond donors (Lipinski definition) is 2. The number of nitrogens with one attached hydrogen (secondary N) is 1. The van der Waals surface area contributed by atoms with E-state index >= 15 is 0 Å². The zero-order chi connectivity index (χ0) is 26.6. The number of esters is 1. The maximum absolute atomic E-state index is 13.7. The van der Waals surface area contributed by atoms with Crippen molar-refractivity contribution in [3.8, 4) is 34.1 Å². The molecule has 1 aliphatic heterocycles. The van der Waals surface area contributed by atoms with Gasteiger partial charge < -0.3 is 28.7 Å². The minimum Gasteiger partial charge on any atom is -0.507 e. The van der Waals surface area contributed by atoms with Crippen LogP contribution in [0.1, 0.15) is 23.5 Å². The van der Waals surface area contributed by atoms with Gasteiger partial charge in [-0.05, 0) is 35.2 Å². The number of carbonyl (C=O) groups excluding carboxylic acids is 1. The number of phenols is 1. The summed E-state index contributed by atoms with van der Waals surface area (Å²) in [6.07, 6.45) is 1.14. The van der Waals surface area contributed by atoms with Crippen LogP contribution in [-0.2, 0) is 4.79 Å². The highest BCUT2D eigenvalue weighted by Crippen LogP contribution is 2.45. The van der Waals surface area contributed by atoms with Crippen LogP contribution in [0.4, 0.5) is 0 Å². The van der Waals surface area contributed by atoms with Crippen molar-refractivity contribution in [3.63, 3.8) is 0 Å². The summed E-state index contributed by atoms with van der Waals surface area (Å²) in [5, 5.41) is 11.5. The van der Waals surface area contributed by atoms with E-state index in [2.05, 4.69) is 4.98 Å². The third-order valence-electron chi connectivity index (χ3n) is 6.82. The Labute approximate surface area is 214 Å². The molecule has 0 spiro atoms. The molecule has 0 aliphatic carbocycles. The fourth-order valence-electron chi connectivity index (χ4n) is 5.02. The molecule has 0 fully saturated rings. The van der Waals surface area contributed by atoms with Crippen molar-refractivity contribution in [2.75, 3.05) is 14.2 Å². The largest absolute Gasteiger partial charge is 0.507 e. The molecule has 0 amide bonds. The number of pyridine rings is 1. The Bertz CT molecular complexity index is 1880. The molecule has 0 saturated heterocycles. The fraction of sp³-hybridized carbons (Fsp3) is 0.138. The summed E-state index contributed by atoms with van der Waals surface area (Å²) in [5.41, 5.74) is 1.16. The molecule has 2 N–H and O–H groups in total. The lowest BCUT2D eigenvalue weighted by Crippen LogP contribution is -2.26. The molecule has 6 rings (SSSR count). The zero-order valence-electron chi connectivity index (χ0n) is 20.4. The van der Waals surface area contributed by atoms with Crippen LogP contribution in [0, 0.1) is 0 Å². The van der Waals surface area contributed by atoms with Crippen LogP contribution in [0.15, 0.2) is 74.9 Å². The molecular weight excluding hydrogens is 490 g/mol. The van der Waals surface area contributed by atoms with Crippen molar-refractivity contribution in [2.24, 2.45) is 0 Å². The third-order valence-corrected chi connectivity index (χ3v) is 6.82. The lowest BCUT2D eigenvalue weighted by molar-refractivity contribution is -0.135. The number of benzene rings is 3. The van der Waals surface area contributed by atoms with Gasteiger partial charge in [-0.2, -0.15) is 0 Å². The van der Waals surface area contributed by atoms with Gasteiger partial charge in [0, 0.05) is 28.6 Å². The number of fused-ring (bicyclic) bond motifs is 4. The maximum atomic E-state index is 13.7. The Hall–Kier alpha value is -5.05. The Morgan fingerprint density at radius 3 is 2.55 bits per heavy atom. The summed E-state index contributed by atoms with van der Waals surface area (Å²) in [4.78, 5) is 42.1. The fourth-order valence-corrected chi connectivity index (χ4v) is 5.02. The number of aromatic hydroxyl groups is 1. The van der Waals surface area contributed by atoms with Crippen molar-refractivity contribution in [1.82, 2.24) is 4.98 Å². The molecule has 0 bridgehead atoms. The SMILES string of the molecule is COc1ccc(-c2coc3c4c(cc(O)c3c2=O)OC(=O)C[C@@H]4c2cc3ccccc3[nH]c2=O)cc1OC. The lowest BCUT2D eigenvalue weighted by atomic mass is 9.85. The number of phenolic OH excluding ortho intramolecular Hbond substituents is 1. The lowest BCUT2D eigenvalue weighted by Gasteiger charge is -2.25. The van der Waals surface area contributed by atoms with Crippen molar-refractivity contribution in [1.29, 1.82) is 0 Å². The molecule has 0 unspecified atom stereocenters. The van der Waals surface area contributed by atoms with E-state index in [1.54, 1.807) is 30.3 Å². The normalized spacial score (nSPS) is 14.8. The first kappa shape index (κ1) is 23.4. The number of carbonyl (C=O) groups is 1. The second-order valence-electron chi connectivity index (χ2n) is 8.93. The summed E-state index contributed by atoms with van der Waals surface area (Å²) in [5.74, 6) is -0.803. The number of para-hydroxylation sites is 1. The molecule has 0 saturated carbocycles. The summed E-state index contributed by atoms with van der Waals surface area (Å²) in [6, 6.07) is 15.2. The molecule has 38 heavy (non-hydrogen) atoms. The van der Waals surface area contributed by atoms with E-state index in [9.17, 15) is 19.5 Å². The van der Waals surface area contributed by atoms with Crippen LogP contribution in [0.5, 0.6) is 23.0 Å². The summed E-state index contributed by atoms with van der Waals surface area (Å²) < 4.78 is 22.0. The number of ether oxygens (including phenoxy) is 3. The Balaban J connectivity index is 1.59. The van der Waals surface area contributed by atoms with Crippen LogP contribution < -0.4 is 25.2 Å². The second-order valence-corrected chi connectivity index (χ2v) is 8.93. The average Bonchev–Trinajstić information content (AvgIpc) is 2.91. The molecule has 3 aromatic carbocycles. The summed E-state index contributed by atoms with van der Waals surface area (Å²) >= 11 is 0. The van der Waals surface area contributed by atoms with Gasteiger partial charge in [0.1, 0.15) is 28.7 Å². The first-order valence-electron chi connectivity index (χ1n) is 11.8. The van der Waals surface area contributed by atoms with Crippen molar-refractivity contribution in [3.05, 3.63) is 92.6 Å². The summed E-state index contributed by atoms with van der Waals surface area (Å²) in [7, 11) is 2.99. The predicted octanol–water partition coefficient (Wildman–Crippen LogP) is 4.47. The molecule has 1 aliphatic rings. The van der Waals surface area contributed by atoms with Crippen LogP contribution >= 0.6 is 0 Å². The standard InChI is InChI=1S/C29H21NO8/c1-35-21-8-7-14(10-22(21)36-2)18-13-37-28-25-16(17-9-15-5-3-4-6-19(15)30-29(17)34)11-24(32)38-23(25)12-20(31)26(28)27(18)33/h3-10,12-13,16,31H,11H2,1-2H3,(H,30,34)/t16-/m1/s1. The third kappa shape index (κ3) is 3.59. The van der Waals surface area contributed by atoms with Crippen LogP contribution in [0.2, 0.25) is 0 Å². The molecule has 1 atom stereocenters. The van der Waals surface area contributed by atoms with Gasteiger partial charge in [-0.25, -0.2) is 0 Å². The number of aromatic amines is 1. The Kier molecular flexibility index (Phi) is 5.41. The number of aromatic nitrogens is 1. The molecular formula is C29H21NO8. The minimum atomic E-state index is -0.766. The minimum absolute atomic E-state index is 0.0332. The van der Waals surface area contributed by atoms with E-state index < -0.39 is 23.1 Å². The van der Waals surface area contributed by atoms with E-state index in [0.29, 0.717) is 33.7 Å². The van der Waals surface area contributed by atoms with Crippen molar-refractivity contribution < 1.29 is 28.5 Å². The van der Waals surface area contributed by atoms with Gasteiger partial charge in [0.05, 0.1) is 26.2 Å². The number of hydrogen-bond acceptors (Lipinski definition) is 8. The molecule has 0 radical (unpaired) electrons. The second kappa shape index (κ2) is 8.81. The first-order valence-corrected chi connectivity index (χ1v) is 11.8. The van der Waals surface area contributed by atoms with E-state index in [-0.39, 0.29) is 34.3 Å². The van der Waals surface area contributed by atoms with Gasteiger partial charge in [-0.3, -0.25) is 14.4 Å². The van der Waals surface area contributed by atoms with E-state index in [1.807, 2.05) is 18.2 Å². The maximum Gasteiger partial charge on any atom is 0.312 e. The van der Waals surface area contributed by atoms with E-state index in [0.717, 1.165) is 5.39 Å². The molecule has 190 valence electrons. The Morgan fingerprint density at radius 2 is 1.76 bits per heavy atom. The Morgan fingerprint density at radius 1 is 0.974 bits per heavy atom. The van der Waals surface area contributed by atoms with Gasteiger partial charge in [-0.15, -0.1) is 0 Å². The van der Waals surface area contributed by atoms with E-state index in [1.165, 1.54) is 26.5 Å². The average molecular weight is 511 g/mol. The van der Waals surface area contributed by atoms with Gasteiger partial charge >= 0.3 is 5.97 Å².